The van der Waals surface area contributed by atoms with E-state index >= 15 is 0 Å². The predicted octanol–water partition coefficient (Wildman–Crippen LogP) is 1.69. The fraction of sp³-hybridized carbons (Fsp3) is 0.294. The fourth-order valence-corrected chi connectivity index (χ4v) is 2.82. The highest BCUT2D eigenvalue weighted by Crippen LogP contribution is 2.24. The molecule has 0 aliphatic rings. The number of hydrogen-bond acceptors (Lipinski definition) is 7. The van der Waals surface area contributed by atoms with Crippen molar-refractivity contribution >= 4 is 16.9 Å². The Labute approximate surface area is 150 Å². The highest BCUT2D eigenvalue weighted by molar-refractivity contribution is 5.88. The lowest BCUT2D eigenvalue weighted by molar-refractivity contribution is 0.697. The monoisotopic (exact) mass is 349 g/mol. The summed E-state index contributed by atoms with van der Waals surface area (Å²) in [4.78, 5) is 13.4. The standard InChI is InChI=1S/C17H19N9/c1-3-26-11-20-24-14(26)6-9-19-16-13-10-21-25(2)17(13)23-15(22-16)12-4-7-18-8-5-12/h4-5,7-8,10-11H,3,6,9H2,1-2H3,(H,19,22,23). The molecule has 0 bridgehead atoms. The molecule has 0 saturated carbocycles. The van der Waals surface area contributed by atoms with Crippen molar-refractivity contribution < 1.29 is 0 Å². The first kappa shape index (κ1) is 16.1. The molecule has 0 aromatic carbocycles. The maximum Gasteiger partial charge on any atom is 0.164 e. The Bertz CT molecular complexity index is 1020. The van der Waals surface area contributed by atoms with E-state index in [1.807, 2.05) is 23.7 Å². The number of aromatic nitrogens is 8. The summed E-state index contributed by atoms with van der Waals surface area (Å²) in [5.41, 5.74) is 1.70. The minimum absolute atomic E-state index is 0.641. The van der Waals surface area contributed by atoms with Crippen LogP contribution in [0.5, 0.6) is 0 Å². The van der Waals surface area contributed by atoms with Gasteiger partial charge >= 0.3 is 0 Å². The lowest BCUT2D eigenvalue weighted by atomic mass is 10.2. The van der Waals surface area contributed by atoms with Crippen LogP contribution in [0.3, 0.4) is 0 Å². The third-order valence-corrected chi connectivity index (χ3v) is 4.21. The highest BCUT2D eigenvalue weighted by atomic mass is 15.3. The van der Waals surface area contributed by atoms with Gasteiger partial charge in [0.2, 0.25) is 0 Å². The maximum atomic E-state index is 4.70. The molecule has 4 rings (SSSR count). The minimum atomic E-state index is 0.641. The summed E-state index contributed by atoms with van der Waals surface area (Å²) in [6.45, 7) is 3.62. The first-order valence-electron chi connectivity index (χ1n) is 8.47. The summed E-state index contributed by atoms with van der Waals surface area (Å²) < 4.78 is 3.78. The van der Waals surface area contributed by atoms with Gasteiger partial charge in [0.1, 0.15) is 18.0 Å². The molecule has 9 heteroatoms. The van der Waals surface area contributed by atoms with Crippen molar-refractivity contribution in [1.29, 1.82) is 0 Å². The molecule has 0 aliphatic carbocycles. The van der Waals surface area contributed by atoms with E-state index in [1.54, 1.807) is 29.6 Å². The van der Waals surface area contributed by atoms with Gasteiger partial charge in [-0.25, -0.2) is 9.97 Å². The van der Waals surface area contributed by atoms with Crippen molar-refractivity contribution in [2.75, 3.05) is 11.9 Å². The van der Waals surface area contributed by atoms with E-state index in [0.29, 0.717) is 12.4 Å². The number of rotatable bonds is 6. The molecule has 0 amide bonds. The van der Waals surface area contributed by atoms with Crippen LogP contribution in [0.4, 0.5) is 5.82 Å². The summed E-state index contributed by atoms with van der Waals surface area (Å²) in [7, 11) is 1.87. The molecule has 0 atom stereocenters. The molecule has 4 aromatic rings. The van der Waals surface area contributed by atoms with E-state index in [2.05, 4.69) is 37.5 Å². The number of nitrogens with zero attached hydrogens (tertiary/aromatic N) is 8. The zero-order valence-electron chi connectivity index (χ0n) is 14.7. The average molecular weight is 349 g/mol. The van der Waals surface area contributed by atoms with Crippen LogP contribution < -0.4 is 5.32 Å². The van der Waals surface area contributed by atoms with Gasteiger partial charge in [0.05, 0.1) is 11.6 Å². The van der Waals surface area contributed by atoms with Crippen LogP contribution in [-0.4, -0.2) is 46.0 Å². The van der Waals surface area contributed by atoms with E-state index in [9.17, 15) is 0 Å². The molecule has 1 N–H and O–H groups in total. The molecule has 0 radical (unpaired) electrons. The van der Waals surface area contributed by atoms with E-state index in [4.69, 9.17) is 4.98 Å². The van der Waals surface area contributed by atoms with Crippen molar-refractivity contribution in [3.05, 3.63) is 42.9 Å². The summed E-state index contributed by atoms with van der Waals surface area (Å²) >= 11 is 0. The number of hydrogen-bond donors (Lipinski definition) is 1. The third kappa shape index (κ3) is 2.99. The van der Waals surface area contributed by atoms with Crippen LogP contribution in [0, 0.1) is 0 Å². The van der Waals surface area contributed by atoms with Crippen LogP contribution in [0.2, 0.25) is 0 Å². The first-order valence-corrected chi connectivity index (χ1v) is 8.47. The van der Waals surface area contributed by atoms with Crippen molar-refractivity contribution in [3.8, 4) is 11.4 Å². The lowest BCUT2D eigenvalue weighted by Crippen LogP contribution is -2.11. The summed E-state index contributed by atoms with van der Waals surface area (Å²) in [6.07, 6.45) is 7.75. The SMILES string of the molecule is CCn1cnnc1CCNc1nc(-c2ccncc2)nc2c1cnn2C. The van der Waals surface area contributed by atoms with Crippen molar-refractivity contribution in [2.45, 2.75) is 19.9 Å². The van der Waals surface area contributed by atoms with Crippen LogP contribution in [0.25, 0.3) is 22.4 Å². The Morgan fingerprint density at radius 2 is 2.00 bits per heavy atom. The van der Waals surface area contributed by atoms with E-state index in [0.717, 1.165) is 41.2 Å². The summed E-state index contributed by atoms with van der Waals surface area (Å²) in [6, 6.07) is 3.79. The molecule has 0 saturated heterocycles. The largest absolute Gasteiger partial charge is 0.369 e. The van der Waals surface area contributed by atoms with Crippen molar-refractivity contribution in [2.24, 2.45) is 7.05 Å². The number of pyridine rings is 1. The lowest BCUT2D eigenvalue weighted by Gasteiger charge is -2.09. The molecule has 4 aromatic heterocycles. The summed E-state index contributed by atoms with van der Waals surface area (Å²) in [5.74, 6) is 2.35. The second-order valence-corrected chi connectivity index (χ2v) is 5.85. The van der Waals surface area contributed by atoms with Gasteiger partial charge in [0.15, 0.2) is 11.5 Å². The minimum Gasteiger partial charge on any atom is -0.369 e. The Hall–Kier alpha value is -3.36. The smallest absolute Gasteiger partial charge is 0.164 e. The number of anilines is 1. The Kier molecular flexibility index (Phi) is 4.26. The van der Waals surface area contributed by atoms with Crippen molar-refractivity contribution in [1.82, 2.24) is 39.5 Å². The molecule has 132 valence electrons. The van der Waals surface area contributed by atoms with Crippen molar-refractivity contribution in [3.63, 3.8) is 0 Å². The van der Waals surface area contributed by atoms with E-state index in [1.165, 1.54) is 0 Å². The highest BCUT2D eigenvalue weighted by Gasteiger charge is 2.13. The molecule has 0 unspecified atom stereocenters. The molecular weight excluding hydrogens is 330 g/mol. The van der Waals surface area contributed by atoms with Gasteiger partial charge in [-0.05, 0) is 19.1 Å². The number of fused-ring (bicyclic) bond motifs is 1. The molecule has 0 fully saturated rings. The normalized spacial score (nSPS) is 11.2. The molecule has 0 aliphatic heterocycles. The van der Waals surface area contributed by atoms with Gasteiger partial charge in [0.25, 0.3) is 0 Å². The Balaban J connectivity index is 1.63. The van der Waals surface area contributed by atoms with E-state index < -0.39 is 0 Å². The van der Waals surface area contributed by atoms with Gasteiger partial charge in [0, 0.05) is 44.5 Å². The van der Waals surface area contributed by atoms with Gasteiger partial charge in [-0.3, -0.25) is 9.67 Å². The zero-order chi connectivity index (χ0) is 17.9. The summed E-state index contributed by atoms with van der Waals surface area (Å²) in [5, 5.41) is 16.7. The molecule has 26 heavy (non-hydrogen) atoms. The zero-order valence-corrected chi connectivity index (χ0v) is 14.7. The van der Waals surface area contributed by atoms with Gasteiger partial charge < -0.3 is 9.88 Å². The molecular formula is C17H19N9. The number of aryl methyl sites for hydroxylation is 2. The van der Waals surface area contributed by atoms with Gasteiger partial charge in [-0.2, -0.15) is 5.10 Å². The topological polar surface area (TPSA) is 99.2 Å². The Morgan fingerprint density at radius 3 is 2.81 bits per heavy atom. The van der Waals surface area contributed by atoms with Crippen LogP contribution in [0.15, 0.2) is 37.1 Å². The quantitative estimate of drug-likeness (QED) is 0.565. The molecule has 9 nitrogen and oxygen atoms in total. The number of nitrogens with one attached hydrogen (secondary N) is 1. The average Bonchev–Trinajstić information content (AvgIpc) is 3.29. The van der Waals surface area contributed by atoms with Gasteiger partial charge in [-0.1, -0.05) is 0 Å². The van der Waals surface area contributed by atoms with E-state index in [-0.39, 0.29) is 0 Å². The Morgan fingerprint density at radius 1 is 1.15 bits per heavy atom. The maximum absolute atomic E-state index is 4.70. The van der Waals surface area contributed by atoms with Crippen LogP contribution in [-0.2, 0) is 20.0 Å². The van der Waals surface area contributed by atoms with Crippen LogP contribution >= 0.6 is 0 Å². The second kappa shape index (κ2) is 6.87. The van der Waals surface area contributed by atoms with Crippen LogP contribution in [0.1, 0.15) is 12.7 Å². The third-order valence-electron chi connectivity index (χ3n) is 4.21. The molecule has 4 heterocycles. The predicted molar refractivity (Wildman–Crippen MR) is 97.4 cm³/mol. The molecule has 0 spiro atoms. The van der Waals surface area contributed by atoms with Gasteiger partial charge in [-0.15, -0.1) is 10.2 Å². The fourth-order valence-electron chi connectivity index (χ4n) is 2.82. The second-order valence-electron chi connectivity index (χ2n) is 5.85. The first-order chi connectivity index (χ1) is 12.8.